The maximum absolute atomic E-state index is 12.9. The van der Waals surface area contributed by atoms with Crippen LogP contribution >= 0.6 is 0 Å². The van der Waals surface area contributed by atoms with Gasteiger partial charge in [0.2, 0.25) is 0 Å². The lowest BCUT2D eigenvalue weighted by Gasteiger charge is -2.26. The summed E-state index contributed by atoms with van der Waals surface area (Å²) in [5.41, 5.74) is 1.71. The molecule has 0 aromatic heterocycles. The van der Waals surface area contributed by atoms with Crippen molar-refractivity contribution in [2.45, 2.75) is 52.0 Å². The second kappa shape index (κ2) is 10.2. The Morgan fingerprint density at radius 3 is 2.66 bits per heavy atom. The van der Waals surface area contributed by atoms with Crippen LogP contribution in [0, 0.1) is 0 Å². The summed E-state index contributed by atoms with van der Waals surface area (Å²) >= 11 is 0. The molecule has 0 saturated carbocycles. The Hall–Kier alpha value is -2.73. The molecule has 1 atom stereocenters. The summed E-state index contributed by atoms with van der Waals surface area (Å²) in [6.07, 6.45) is 2.13. The molecular formula is C23H30N2O4. The van der Waals surface area contributed by atoms with E-state index in [1.165, 1.54) is 0 Å². The highest BCUT2D eigenvalue weighted by Gasteiger charge is 2.23. The third kappa shape index (κ3) is 6.39. The predicted octanol–water partition coefficient (Wildman–Crippen LogP) is 4.07. The molecule has 1 fully saturated rings. The Bertz CT molecular complexity index is 786. The summed E-state index contributed by atoms with van der Waals surface area (Å²) in [7, 11) is 0. The van der Waals surface area contributed by atoms with Gasteiger partial charge in [0.05, 0.1) is 18.8 Å². The van der Waals surface area contributed by atoms with Crippen LogP contribution in [0.5, 0.6) is 11.5 Å². The van der Waals surface area contributed by atoms with Crippen LogP contribution in [0.1, 0.15) is 37.8 Å². The van der Waals surface area contributed by atoms with E-state index >= 15 is 0 Å². The van der Waals surface area contributed by atoms with Crippen LogP contribution in [-0.2, 0) is 17.8 Å². The van der Waals surface area contributed by atoms with Gasteiger partial charge in [-0.15, -0.1) is 0 Å². The lowest BCUT2D eigenvalue weighted by Crippen LogP contribution is -2.43. The largest absolute Gasteiger partial charge is 0.508 e. The molecule has 1 heterocycles. The van der Waals surface area contributed by atoms with Crippen LogP contribution in [0.2, 0.25) is 0 Å². The molecule has 2 N–H and O–H groups in total. The van der Waals surface area contributed by atoms with Gasteiger partial charge in [-0.2, -0.15) is 0 Å². The number of hydrogen-bond acceptors (Lipinski definition) is 4. The van der Waals surface area contributed by atoms with E-state index in [1.54, 1.807) is 17.0 Å². The minimum absolute atomic E-state index is 0.0408. The number of hydrogen-bond donors (Lipinski definition) is 2. The van der Waals surface area contributed by atoms with Crippen molar-refractivity contribution in [3.05, 3.63) is 59.7 Å². The van der Waals surface area contributed by atoms with Crippen molar-refractivity contribution in [1.82, 2.24) is 10.2 Å². The number of rotatable bonds is 8. The molecule has 2 aromatic rings. The first kappa shape index (κ1) is 21.0. The highest BCUT2D eigenvalue weighted by atomic mass is 16.5. The number of nitrogens with zero attached hydrogens (tertiary/aromatic N) is 1. The predicted molar refractivity (Wildman–Crippen MR) is 112 cm³/mol. The van der Waals surface area contributed by atoms with Crippen molar-refractivity contribution in [1.29, 1.82) is 0 Å². The molecule has 2 aromatic carbocycles. The Balaban J connectivity index is 1.61. The SMILES string of the molecule is CC(C)Oc1ccc(CNC(=O)N(Cc2ccccc2O)CC2CCCO2)cc1. The molecule has 6 heteroatoms. The van der Waals surface area contributed by atoms with Crippen molar-refractivity contribution in [3.8, 4) is 11.5 Å². The van der Waals surface area contributed by atoms with E-state index < -0.39 is 0 Å². The van der Waals surface area contributed by atoms with Crippen LogP contribution in [-0.4, -0.2) is 41.4 Å². The standard InChI is InChI=1S/C23H30N2O4/c1-17(2)29-20-11-9-18(10-12-20)14-24-23(27)25(16-21-7-5-13-28-21)15-19-6-3-4-8-22(19)26/h3-4,6,8-12,17,21,26H,5,7,13-16H2,1-2H3,(H,24,27). The Labute approximate surface area is 172 Å². The number of urea groups is 1. The first-order valence-electron chi connectivity index (χ1n) is 10.2. The molecule has 1 saturated heterocycles. The fourth-order valence-corrected chi connectivity index (χ4v) is 3.35. The van der Waals surface area contributed by atoms with Crippen molar-refractivity contribution in [3.63, 3.8) is 0 Å². The number of amides is 2. The Kier molecular flexibility index (Phi) is 7.36. The van der Waals surface area contributed by atoms with Gasteiger partial charge in [-0.05, 0) is 50.5 Å². The molecule has 1 unspecified atom stereocenters. The van der Waals surface area contributed by atoms with E-state index in [-0.39, 0.29) is 24.0 Å². The van der Waals surface area contributed by atoms with Crippen LogP contribution in [0.15, 0.2) is 48.5 Å². The number of aromatic hydroxyl groups is 1. The van der Waals surface area contributed by atoms with Gasteiger partial charge < -0.3 is 24.8 Å². The van der Waals surface area contributed by atoms with Crippen LogP contribution in [0.25, 0.3) is 0 Å². The Morgan fingerprint density at radius 2 is 2.00 bits per heavy atom. The summed E-state index contributed by atoms with van der Waals surface area (Å²) in [5.74, 6) is 1.01. The van der Waals surface area contributed by atoms with Gasteiger partial charge in [-0.1, -0.05) is 30.3 Å². The smallest absolute Gasteiger partial charge is 0.318 e. The molecule has 6 nitrogen and oxygen atoms in total. The average molecular weight is 399 g/mol. The van der Waals surface area contributed by atoms with Gasteiger partial charge in [0, 0.05) is 25.3 Å². The molecule has 3 rings (SSSR count). The number of ether oxygens (including phenoxy) is 2. The number of benzene rings is 2. The molecule has 29 heavy (non-hydrogen) atoms. The number of phenolic OH excluding ortho intramolecular Hbond substituents is 1. The van der Waals surface area contributed by atoms with Crippen molar-refractivity contribution in [2.24, 2.45) is 0 Å². The fourth-order valence-electron chi connectivity index (χ4n) is 3.35. The second-order valence-corrected chi connectivity index (χ2v) is 7.61. The monoisotopic (exact) mass is 398 g/mol. The van der Waals surface area contributed by atoms with Crippen molar-refractivity contribution >= 4 is 6.03 Å². The highest BCUT2D eigenvalue weighted by Crippen LogP contribution is 2.20. The quantitative estimate of drug-likeness (QED) is 0.703. The third-order valence-electron chi connectivity index (χ3n) is 4.83. The maximum atomic E-state index is 12.9. The number of para-hydroxylation sites is 1. The van der Waals surface area contributed by atoms with E-state index in [9.17, 15) is 9.90 Å². The number of phenols is 1. The van der Waals surface area contributed by atoms with Gasteiger partial charge in [0.15, 0.2) is 0 Å². The topological polar surface area (TPSA) is 71.0 Å². The third-order valence-corrected chi connectivity index (χ3v) is 4.83. The first-order chi connectivity index (χ1) is 14.0. The fraction of sp³-hybridized carbons (Fsp3) is 0.435. The minimum Gasteiger partial charge on any atom is -0.508 e. The second-order valence-electron chi connectivity index (χ2n) is 7.61. The lowest BCUT2D eigenvalue weighted by atomic mass is 10.1. The highest BCUT2D eigenvalue weighted by molar-refractivity contribution is 5.74. The van der Waals surface area contributed by atoms with E-state index in [4.69, 9.17) is 9.47 Å². The summed E-state index contributed by atoms with van der Waals surface area (Å²) in [5, 5.41) is 13.1. The lowest BCUT2D eigenvalue weighted by molar-refractivity contribution is 0.0792. The van der Waals surface area contributed by atoms with Crippen LogP contribution in [0.3, 0.4) is 0 Å². The first-order valence-corrected chi connectivity index (χ1v) is 10.2. The molecule has 1 aliphatic heterocycles. The van der Waals surface area contributed by atoms with E-state index in [0.717, 1.165) is 36.3 Å². The number of carbonyl (C=O) groups is 1. The normalized spacial score (nSPS) is 16.0. The van der Waals surface area contributed by atoms with Crippen molar-refractivity contribution < 1.29 is 19.4 Å². The molecule has 0 radical (unpaired) electrons. The Morgan fingerprint density at radius 1 is 1.24 bits per heavy atom. The minimum atomic E-state index is -0.175. The zero-order valence-electron chi connectivity index (χ0n) is 17.1. The molecule has 0 bridgehead atoms. The van der Waals surface area contributed by atoms with E-state index in [0.29, 0.717) is 19.6 Å². The molecule has 2 amide bonds. The van der Waals surface area contributed by atoms with Gasteiger partial charge in [-0.3, -0.25) is 0 Å². The number of nitrogens with one attached hydrogen (secondary N) is 1. The molecule has 1 aliphatic rings. The van der Waals surface area contributed by atoms with Crippen LogP contribution in [0.4, 0.5) is 4.79 Å². The molecular weight excluding hydrogens is 368 g/mol. The maximum Gasteiger partial charge on any atom is 0.318 e. The molecule has 156 valence electrons. The summed E-state index contributed by atoms with van der Waals surface area (Å²) < 4.78 is 11.4. The van der Waals surface area contributed by atoms with Gasteiger partial charge in [0.25, 0.3) is 0 Å². The van der Waals surface area contributed by atoms with Crippen molar-refractivity contribution in [2.75, 3.05) is 13.2 Å². The zero-order valence-corrected chi connectivity index (χ0v) is 17.1. The molecule has 0 spiro atoms. The van der Waals surface area contributed by atoms with E-state index in [1.807, 2.05) is 50.2 Å². The van der Waals surface area contributed by atoms with Gasteiger partial charge in [0.1, 0.15) is 11.5 Å². The molecule has 0 aliphatic carbocycles. The summed E-state index contributed by atoms with van der Waals surface area (Å²) in [6, 6.07) is 14.6. The summed E-state index contributed by atoms with van der Waals surface area (Å²) in [4.78, 5) is 14.6. The zero-order chi connectivity index (χ0) is 20.6. The van der Waals surface area contributed by atoms with Crippen LogP contribution < -0.4 is 10.1 Å². The van der Waals surface area contributed by atoms with Gasteiger partial charge in [-0.25, -0.2) is 4.79 Å². The number of carbonyl (C=O) groups excluding carboxylic acids is 1. The van der Waals surface area contributed by atoms with E-state index in [2.05, 4.69) is 5.32 Å². The summed E-state index contributed by atoms with van der Waals surface area (Å²) in [6.45, 7) is 5.97. The average Bonchev–Trinajstić information content (AvgIpc) is 3.21. The van der Waals surface area contributed by atoms with Gasteiger partial charge >= 0.3 is 6.03 Å².